The monoisotopic (exact) mass is 299 g/mol. The molecule has 0 bridgehead atoms. The van der Waals surface area contributed by atoms with Gasteiger partial charge in [-0.1, -0.05) is 18.5 Å². The first kappa shape index (κ1) is 13.6. The molecule has 0 radical (unpaired) electrons. The first-order valence-electron chi connectivity index (χ1n) is 5.28. The van der Waals surface area contributed by atoms with Crippen molar-refractivity contribution < 1.29 is 9.90 Å². The van der Waals surface area contributed by atoms with Gasteiger partial charge in [0.2, 0.25) is 0 Å². The summed E-state index contributed by atoms with van der Waals surface area (Å²) in [6, 6.07) is 3.09. The summed E-state index contributed by atoms with van der Waals surface area (Å²) in [5.74, 6) is -0.114. The predicted molar refractivity (Wildman–Crippen MR) is 71.9 cm³/mol. The number of aromatic carboxylic acids is 1. The number of nitrogen functional groups attached to an aromatic ring is 1. The van der Waals surface area contributed by atoms with Crippen LogP contribution >= 0.6 is 23.4 Å². The molecule has 0 aliphatic heterocycles. The molecule has 0 saturated carbocycles. The van der Waals surface area contributed by atoms with E-state index in [-0.39, 0.29) is 16.5 Å². The molecule has 0 aliphatic carbocycles. The Morgan fingerprint density at radius 2 is 2.26 bits per heavy atom. The van der Waals surface area contributed by atoms with E-state index in [1.165, 1.54) is 22.5 Å². The largest absolute Gasteiger partial charge is 0.477 e. The van der Waals surface area contributed by atoms with Gasteiger partial charge in [-0.3, -0.25) is 0 Å². The van der Waals surface area contributed by atoms with Gasteiger partial charge < -0.3 is 10.8 Å². The molecule has 3 N–H and O–H groups in total. The second-order valence-electron chi connectivity index (χ2n) is 3.43. The highest BCUT2D eigenvalue weighted by molar-refractivity contribution is 7.99. The van der Waals surface area contributed by atoms with Gasteiger partial charge in [0.05, 0.1) is 0 Å². The Balaban J connectivity index is 2.55. The molecule has 0 amide bonds. The average Bonchev–Trinajstić information content (AvgIpc) is 2.68. The zero-order chi connectivity index (χ0) is 14.0. The van der Waals surface area contributed by atoms with E-state index >= 15 is 0 Å². The van der Waals surface area contributed by atoms with Crippen LogP contribution in [0.5, 0.6) is 0 Å². The van der Waals surface area contributed by atoms with Crippen molar-refractivity contribution in [1.29, 1.82) is 0 Å². The van der Waals surface area contributed by atoms with Gasteiger partial charge >= 0.3 is 5.97 Å². The van der Waals surface area contributed by atoms with Gasteiger partial charge in [-0.15, -0.1) is 22.0 Å². The summed E-state index contributed by atoms with van der Waals surface area (Å²) in [5.41, 5.74) is 5.79. The molecule has 0 aromatic carbocycles. The lowest BCUT2D eigenvalue weighted by atomic mass is 10.3. The number of carbonyl (C=O) groups is 1. The van der Waals surface area contributed by atoms with Crippen LogP contribution in [-0.4, -0.2) is 36.8 Å². The number of halogens is 1. The summed E-state index contributed by atoms with van der Waals surface area (Å²) in [5, 5.41) is 21.4. The second-order valence-corrected chi connectivity index (χ2v) is 5.07. The van der Waals surface area contributed by atoms with Crippen LogP contribution in [0.3, 0.4) is 0 Å². The van der Waals surface area contributed by atoms with E-state index in [1.54, 1.807) is 6.07 Å². The van der Waals surface area contributed by atoms with Crippen LogP contribution in [0.1, 0.15) is 17.3 Å². The van der Waals surface area contributed by atoms with Crippen LogP contribution in [0, 0.1) is 0 Å². The first-order chi connectivity index (χ1) is 9.04. The van der Waals surface area contributed by atoms with E-state index in [9.17, 15) is 9.90 Å². The number of anilines is 1. The second kappa shape index (κ2) is 5.45. The Hall–Kier alpha value is -1.80. The van der Waals surface area contributed by atoms with Crippen molar-refractivity contribution in [2.24, 2.45) is 0 Å². The molecule has 2 aromatic heterocycles. The highest BCUT2D eigenvalue weighted by Gasteiger charge is 2.23. The molecular weight excluding hydrogens is 290 g/mol. The molecule has 0 spiro atoms. The predicted octanol–water partition coefficient (Wildman–Crippen LogP) is 1.71. The normalized spacial score (nSPS) is 10.6. The van der Waals surface area contributed by atoms with Crippen LogP contribution in [-0.2, 0) is 0 Å². The van der Waals surface area contributed by atoms with E-state index < -0.39 is 5.97 Å². The number of carboxylic acids is 1. The lowest BCUT2D eigenvalue weighted by Gasteiger charge is -2.01. The number of rotatable bonds is 4. The molecule has 0 atom stereocenters. The number of nitrogens with zero attached hydrogens (tertiary/aromatic N) is 4. The van der Waals surface area contributed by atoms with E-state index in [2.05, 4.69) is 15.3 Å². The number of aromatic nitrogens is 4. The minimum absolute atomic E-state index is 0.0140. The lowest BCUT2D eigenvalue weighted by molar-refractivity contribution is 0.0694. The quantitative estimate of drug-likeness (QED) is 0.827. The molecule has 19 heavy (non-hydrogen) atoms. The van der Waals surface area contributed by atoms with E-state index in [1.807, 2.05) is 6.92 Å². The lowest BCUT2D eigenvalue weighted by Crippen LogP contribution is -2.07. The van der Waals surface area contributed by atoms with E-state index in [4.69, 9.17) is 17.3 Å². The minimum Gasteiger partial charge on any atom is -0.477 e. The third-order valence-electron chi connectivity index (χ3n) is 2.22. The fourth-order valence-corrected chi connectivity index (χ4v) is 2.30. The molecule has 2 heterocycles. The summed E-state index contributed by atoms with van der Waals surface area (Å²) in [6.45, 7) is 1.90. The van der Waals surface area contributed by atoms with Crippen LogP contribution in [0.2, 0.25) is 5.15 Å². The van der Waals surface area contributed by atoms with Crippen molar-refractivity contribution in [2.45, 2.75) is 11.9 Å². The van der Waals surface area contributed by atoms with Gasteiger partial charge in [0.1, 0.15) is 16.4 Å². The number of carboxylic acid groups (broad SMARTS) is 1. The van der Waals surface area contributed by atoms with Gasteiger partial charge in [-0.2, -0.15) is 9.78 Å². The number of nitrogens with two attached hydrogens (primary N) is 1. The SMILES string of the molecule is CCSc1nn(-c2ccc(Cl)nn2)c(N)c1C(=O)O. The van der Waals surface area contributed by atoms with Gasteiger partial charge in [0.15, 0.2) is 11.0 Å². The molecule has 7 nitrogen and oxygen atoms in total. The Labute approximate surface area is 117 Å². The fraction of sp³-hybridized carbons (Fsp3) is 0.200. The third-order valence-corrected chi connectivity index (χ3v) is 3.27. The van der Waals surface area contributed by atoms with E-state index in [0.717, 1.165) is 0 Å². The standard InChI is InChI=1S/C10H10ClN5O2S/c1-2-19-9-7(10(17)18)8(12)16(15-9)6-4-3-5(11)13-14-6/h3-4H,2,12H2,1H3,(H,17,18). The van der Waals surface area contributed by atoms with E-state index in [0.29, 0.717) is 16.6 Å². The maximum absolute atomic E-state index is 11.2. The van der Waals surface area contributed by atoms with Gasteiger partial charge in [-0.25, -0.2) is 4.79 Å². The fourth-order valence-electron chi connectivity index (χ4n) is 1.45. The Morgan fingerprint density at radius 3 is 2.79 bits per heavy atom. The molecule has 0 fully saturated rings. The van der Waals surface area contributed by atoms with Gasteiger partial charge in [-0.05, 0) is 17.9 Å². The van der Waals surface area contributed by atoms with Crippen LogP contribution in [0.25, 0.3) is 5.82 Å². The van der Waals surface area contributed by atoms with Crippen molar-refractivity contribution in [3.05, 3.63) is 22.8 Å². The summed E-state index contributed by atoms with van der Waals surface area (Å²) < 4.78 is 1.24. The zero-order valence-electron chi connectivity index (χ0n) is 9.87. The molecular formula is C10H10ClN5O2S. The van der Waals surface area contributed by atoms with Crippen molar-refractivity contribution in [3.63, 3.8) is 0 Å². The smallest absolute Gasteiger partial charge is 0.342 e. The molecule has 0 saturated heterocycles. The number of thioether (sulfide) groups is 1. The highest BCUT2D eigenvalue weighted by Crippen LogP contribution is 2.27. The maximum atomic E-state index is 11.2. The van der Waals surface area contributed by atoms with Gasteiger partial charge in [0, 0.05) is 0 Å². The average molecular weight is 300 g/mol. The molecule has 0 aliphatic rings. The molecule has 2 rings (SSSR count). The molecule has 9 heteroatoms. The molecule has 0 unspecified atom stereocenters. The third kappa shape index (κ3) is 2.64. The van der Waals surface area contributed by atoms with Crippen LogP contribution in [0.15, 0.2) is 17.2 Å². The highest BCUT2D eigenvalue weighted by atomic mass is 35.5. The number of hydrogen-bond donors (Lipinski definition) is 2. The zero-order valence-corrected chi connectivity index (χ0v) is 11.4. The molecule has 100 valence electrons. The van der Waals surface area contributed by atoms with Gasteiger partial charge in [0.25, 0.3) is 0 Å². The summed E-state index contributed by atoms with van der Waals surface area (Å²) in [4.78, 5) is 11.2. The van der Waals surface area contributed by atoms with Crippen molar-refractivity contribution >= 4 is 35.1 Å². The number of hydrogen-bond acceptors (Lipinski definition) is 6. The summed E-state index contributed by atoms with van der Waals surface area (Å²) in [6.07, 6.45) is 0. The van der Waals surface area contributed by atoms with Crippen LogP contribution in [0.4, 0.5) is 5.82 Å². The topological polar surface area (TPSA) is 107 Å². The van der Waals surface area contributed by atoms with Crippen molar-refractivity contribution in [2.75, 3.05) is 11.5 Å². The molecule has 2 aromatic rings. The Bertz CT molecular complexity index is 613. The van der Waals surface area contributed by atoms with Crippen LogP contribution < -0.4 is 5.73 Å². The summed E-state index contributed by atoms with van der Waals surface area (Å²) in [7, 11) is 0. The summed E-state index contributed by atoms with van der Waals surface area (Å²) >= 11 is 6.94. The first-order valence-corrected chi connectivity index (χ1v) is 6.65. The van der Waals surface area contributed by atoms with Crippen molar-refractivity contribution in [1.82, 2.24) is 20.0 Å². The van der Waals surface area contributed by atoms with Crippen molar-refractivity contribution in [3.8, 4) is 5.82 Å². The Kier molecular flexibility index (Phi) is 3.91. The Morgan fingerprint density at radius 1 is 1.53 bits per heavy atom. The minimum atomic E-state index is -1.12. The maximum Gasteiger partial charge on any atom is 0.342 e.